The van der Waals surface area contributed by atoms with Crippen LogP contribution in [0, 0.1) is 0 Å². The van der Waals surface area contributed by atoms with Crippen LogP contribution in [0.2, 0.25) is 10.2 Å². The van der Waals surface area contributed by atoms with E-state index in [0.717, 1.165) is 11.1 Å². The molecule has 6 heteroatoms. The van der Waals surface area contributed by atoms with Crippen LogP contribution in [0.3, 0.4) is 0 Å². The molecule has 1 heterocycles. The first-order chi connectivity index (χ1) is 10.6. The topological polar surface area (TPSA) is 51.2 Å². The van der Waals surface area contributed by atoms with Gasteiger partial charge in [-0.05, 0) is 29.3 Å². The molecule has 0 saturated carbocycles. The van der Waals surface area contributed by atoms with Crippen LogP contribution < -0.4 is 5.32 Å². The number of rotatable bonds is 6. The molecule has 0 aliphatic rings. The summed E-state index contributed by atoms with van der Waals surface area (Å²) < 4.78 is 5.40. The van der Waals surface area contributed by atoms with E-state index in [4.69, 9.17) is 27.9 Å². The molecule has 2 rings (SSSR count). The Balaban J connectivity index is 1.90. The van der Waals surface area contributed by atoms with Crippen molar-refractivity contribution in [2.45, 2.75) is 12.5 Å². The summed E-state index contributed by atoms with van der Waals surface area (Å²) in [7, 11) is 1.60. The van der Waals surface area contributed by atoms with Gasteiger partial charge in [0.25, 0.3) is 0 Å². The summed E-state index contributed by atoms with van der Waals surface area (Å²) >= 11 is 11.7. The zero-order valence-corrected chi connectivity index (χ0v) is 13.6. The van der Waals surface area contributed by atoms with Gasteiger partial charge in [0.15, 0.2) is 0 Å². The van der Waals surface area contributed by atoms with Crippen molar-refractivity contribution in [1.29, 1.82) is 0 Å². The minimum absolute atomic E-state index is 0.104. The smallest absolute Gasteiger partial charge is 0.224 e. The van der Waals surface area contributed by atoms with Crippen molar-refractivity contribution in [2.24, 2.45) is 0 Å². The van der Waals surface area contributed by atoms with Gasteiger partial charge in [0, 0.05) is 24.9 Å². The van der Waals surface area contributed by atoms with E-state index < -0.39 is 0 Å². The molecule has 0 aliphatic heterocycles. The van der Waals surface area contributed by atoms with Crippen LogP contribution in [-0.4, -0.2) is 24.5 Å². The lowest BCUT2D eigenvalue weighted by molar-refractivity contribution is -0.121. The van der Waals surface area contributed by atoms with E-state index in [1.165, 1.54) is 0 Å². The number of carbonyl (C=O) groups is 1. The van der Waals surface area contributed by atoms with Gasteiger partial charge in [0.2, 0.25) is 5.91 Å². The fourth-order valence-electron chi connectivity index (χ4n) is 2.01. The number of nitrogens with zero attached hydrogens (tertiary/aromatic N) is 1. The van der Waals surface area contributed by atoms with Gasteiger partial charge in [-0.3, -0.25) is 4.79 Å². The van der Waals surface area contributed by atoms with Crippen LogP contribution in [-0.2, 0) is 16.0 Å². The lowest BCUT2D eigenvalue weighted by Gasteiger charge is -2.16. The second-order valence-corrected chi connectivity index (χ2v) is 5.57. The van der Waals surface area contributed by atoms with Gasteiger partial charge in [0.05, 0.1) is 12.5 Å². The minimum Gasteiger partial charge on any atom is -0.375 e. The van der Waals surface area contributed by atoms with Gasteiger partial charge >= 0.3 is 0 Å². The Kier molecular flexibility index (Phi) is 6.19. The van der Waals surface area contributed by atoms with Gasteiger partial charge in [-0.2, -0.15) is 0 Å². The molecule has 1 atom stereocenters. The molecule has 22 heavy (non-hydrogen) atoms. The SMILES string of the molecule is COC(CNC(=O)Cc1ccc(Cl)nc1)c1cccc(Cl)c1. The summed E-state index contributed by atoms with van der Waals surface area (Å²) in [6.07, 6.45) is 1.59. The Morgan fingerprint density at radius 1 is 1.32 bits per heavy atom. The second-order valence-electron chi connectivity index (χ2n) is 4.75. The summed E-state index contributed by atoms with van der Waals surface area (Å²) in [4.78, 5) is 15.9. The third-order valence-electron chi connectivity index (χ3n) is 3.14. The van der Waals surface area contributed by atoms with Crippen molar-refractivity contribution in [3.63, 3.8) is 0 Å². The summed E-state index contributed by atoms with van der Waals surface area (Å²) in [5, 5.41) is 3.89. The number of nitrogens with one attached hydrogen (secondary N) is 1. The predicted octanol–water partition coefficient (Wildman–Crippen LogP) is 3.43. The van der Waals surface area contributed by atoms with E-state index in [1.54, 1.807) is 31.5 Å². The van der Waals surface area contributed by atoms with Crippen LogP contribution in [0.1, 0.15) is 17.2 Å². The quantitative estimate of drug-likeness (QED) is 0.821. The predicted molar refractivity (Wildman–Crippen MR) is 87.2 cm³/mol. The van der Waals surface area contributed by atoms with Crippen LogP contribution in [0.25, 0.3) is 0 Å². The molecule has 2 aromatic rings. The zero-order valence-electron chi connectivity index (χ0n) is 12.1. The van der Waals surface area contributed by atoms with E-state index in [2.05, 4.69) is 10.3 Å². The Hall–Kier alpha value is -1.62. The van der Waals surface area contributed by atoms with Crippen molar-refractivity contribution in [3.8, 4) is 0 Å². The molecule has 1 N–H and O–H groups in total. The van der Waals surface area contributed by atoms with E-state index >= 15 is 0 Å². The monoisotopic (exact) mass is 338 g/mol. The summed E-state index contributed by atoms with van der Waals surface area (Å²) in [6.45, 7) is 0.372. The number of pyridine rings is 1. The van der Waals surface area contributed by atoms with Crippen molar-refractivity contribution >= 4 is 29.1 Å². The molecule has 0 aliphatic carbocycles. The molecule has 0 saturated heterocycles. The van der Waals surface area contributed by atoms with Gasteiger partial charge < -0.3 is 10.1 Å². The number of hydrogen-bond acceptors (Lipinski definition) is 3. The first-order valence-electron chi connectivity index (χ1n) is 6.74. The lowest BCUT2D eigenvalue weighted by atomic mass is 10.1. The highest BCUT2D eigenvalue weighted by molar-refractivity contribution is 6.30. The fraction of sp³-hybridized carbons (Fsp3) is 0.250. The molecule has 116 valence electrons. The third-order valence-corrected chi connectivity index (χ3v) is 3.60. The average molecular weight is 339 g/mol. The maximum atomic E-state index is 12.0. The Labute approximate surface area is 139 Å². The Bertz CT molecular complexity index is 632. The van der Waals surface area contributed by atoms with Crippen molar-refractivity contribution < 1.29 is 9.53 Å². The van der Waals surface area contributed by atoms with Crippen LogP contribution in [0.5, 0.6) is 0 Å². The highest BCUT2D eigenvalue weighted by Gasteiger charge is 2.12. The van der Waals surface area contributed by atoms with E-state index in [9.17, 15) is 4.79 Å². The van der Waals surface area contributed by atoms with Crippen LogP contribution >= 0.6 is 23.2 Å². The number of hydrogen-bond donors (Lipinski definition) is 1. The molecule has 4 nitrogen and oxygen atoms in total. The second kappa shape index (κ2) is 8.13. The lowest BCUT2D eigenvalue weighted by Crippen LogP contribution is -2.30. The average Bonchev–Trinajstić information content (AvgIpc) is 2.50. The van der Waals surface area contributed by atoms with Gasteiger partial charge in [-0.1, -0.05) is 41.4 Å². The third kappa shape index (κ3) is 4.98. The van der Waals surface area contributed by atoms with Crippen molar-refractivity contribution in [3.05, 3.63) is 63.9 Å². The summed E-state index contributed by atoms with van der Waals surface area (Å²) in [5.41, 5.74) is 1.72. The van der Waals surface area contributed by atoms with Crippen LogP contribution in [0.15, 0.2) is 42.6 Å². The summed E-state index contributed by atoms with van der Waals surface area (Å²) in [5.74, 6) is -0.104. The van der Waals surface area contributed by atoms with E-state index in [-0.39, 0.29) is 18.4 Å². The number of aromatic nitrogens is 1. The van der Waals surface area contributed by atoms with Crippen molar-refractivity contribution in [1.82, 2.24) is 10.3 Å². The molecule has 0 fully saturated rings. The molecular formula is C16H16Cl2N2O2. The number of amides is 1. The van der Waals surface area contributed by atoms with Gasteiger partial charge in [0.1, 0.15) is 5.15 Å². The van der Waals surface area contributed by atoms with E-state index in [1.807, 2.05) is 18.2 Å². The number of carbonyl (C=O) groups excluding carboxylic acids is 1. The Morgan fingerprint density at radius 3 is 2.77 bits per heavy atom. The number of methoxy groups -OCH3 is 1. The molecule has 1 aromatic carbocycles. The highest BCUT2D eigenvalue weighted by atomic mass is 35.5. The first kappa shape index (κ1) is 16.7. The number of benzene rings is 1. The summed E-state index contributed by atoms with van der Waals surface area (Å²) in [6, 6.07) is 10.8. The Morgan fingerprint density at radius 2 is 2.14 bits per heavy atom. The number of ether oxygens (including phenoxy) is 1. The maximum absolute atomic E-state index is 12.0. The molecule has 1 unspecified atom stereocenters. The zero-order chi connectivity index (χ0) is 15.9. The van der Waals surface area contributed by atoms with Gasteiger partial charge in [-0.15, -0.1) is 0 Å². The standard InChI is InChI=1S/C16H16Cl2N2O2/c1-22-14(12-3-2-4-13(17)8-12)10-20-16(21)7-11-5-6-15(18)19-9-11/h2-6,8-9,14H,7,10H2,1H3,(H,20,21). The largest absolute Gasteiger partial charge is 0.375 e. The minimum atomic E-state index is -0.244. The van der Waals surface area contributed by atoms with Crippen molar-refractivity contribution in [2.75, 3.05) is 13.7 Å². The number of halogens is 2. The molecular weight excluding hydrogens is 323 g/mol. The normalized spacial score (nSPS) is 12.0. The first-order valence-corrected chi connectivity index (χ1v) is 7.49. The molecule has 1 amide bonds. The molecule has 0 spiro atoms. The molecule has 0 bridgehead atoms. The maximum Gasteiger partial charge on any atom is 0.224 e. The molecule has 0 radical (unpaired) electrons. The molecule has 1 aromatic heterocycles. The fourth-order valence-corrected chi connectivity index (χ4v) is 2.32. The van der Waals surface area contributed by atoms with E-state index in [0.29, 0.717) is 16.7 Å². The highest BCUT2D eigenvalue weighted by Crippen LogP contribution is 2.19. The van der Waals surface area contributed by atoms with Crippen LogP contribution in [0.4, 0.5) is 0 Å². The van der Waals surface area contributed by atoms with Gasteiger partial charge in [-0.25, -0.2) is 4.98 Å².